The zero-order valence-corrected chi connectivity index (χ0v) is 9.38. The lowest BCUT2D eigenvalue weighted by atomic mass is 9.79. The van der Waals surface area contributed by atoms with Gasteiger partial charge in [0.1, 0.15) is 16.1 Å². The minimum absolute atomic E-state index is 0.0369. The number of aldehydes is 1. The first kappa shape index (κ1) is 12.2. The maximum absolute atomic E-state index is 11.5. The SMILES string of the molecule is COC(=O)C1(CC=O)CCS(=O)(=O)CC1. The summed E-state index contributed by atoms with van der Waals surface area (Å²) in [7, 11) is -1.79. The highest BCUT2D eigenvalue weighted by Crippen LogP contribution is 2.36. The van der Waals surface area contributed by atoms with Crippen LogP contribution in [0.5, 0.6) is 0 Å². The molecule has 0 aromatic carbocycles. The quantitative estimate of drug-likeness (QED) is 0.505. The molecule has 1 rings (SSSR count). The van der Waals surface area contributed by atoms with E-state index in [2.05, 4.69) is 4.74 Å². The molecule has 5 nitrogen and oxygen atoms in total. The normalized spacial score (nSPS) is 23.0. The Morgan fingerprint density at radius 3 is 2.33 bits per heavy atom. The fourth-order valence-electron chi connectivity index (χ4n) is 1.80. The van der Waals surface area contributed by atoms with Gasteiger partial charge in [-0.2, -0.15) is 0 Å². The standard InChI is InChI=1S/C9H14O5S/c1-14-8(11)9(2-5-10)3-6-15(12,13)7-4-9/h5H,2-4,6-7H2,1H3. The molecular weight excluding hydrogens is 220 g/mol. The molecule has 15 heavy (non-hydrogen) atoms. The molecule has 0 atom stereocenters. The molecule has 0 aromatic rings. The second-order valence-electron chi connectivity index (χ2n) is 3.79. The molecule has 1 saturated heterocycles. The first-order valence-corrected chi connectivity index (χ1v) is 6.50. The van der Waals surface area contributed by atoms with Gasteiger partial charge in [0.2, 0.25) is 0 Å². The van der Waals surface area contributed by atoms with Crippen molar-refractivity contribution < 1.29 is 22.7 Å². The number of hydrogen-bond donors (Lipinski definition) is 0. The Kier molecular flexibility index (Phi) is 3.49. The van der Waals surface area contributed by atoms with Gasteiger partial charge in [-0.25, -0.2) is 8.42 Å². The van der Waals surface area contributed by atoms with Gasteiger partial charge in [0.25, 0.3) is 0 Å². The topological polar surface area (TPSA) is 77.5 Å². The van der Waals surface area contributed by atoms with E-state index in [1.54, 1.807) is 0 Å². The Morgan fingerprint density at radius 2 is 1.93 bits per heavy atom. The van der Waals surface area contributed by atoms with Crippen LogP contribution in [0.3, 0.4) is 0 Å². The van der Waals surface area contributed by atoms with E-state index in [1.165, 1.54) is 7.11 Å². The van der Waals surface area contributed by atoms with Gasteiger partial charge >= 0.3 is 5.97 Å². The van der Waals surface area contributed by atoms with Crippen molar-refractivity contribution in [3.05, 3.63) is 0 Å². The van der Waals surface area contributed by atoms with E-state index in [-0.39, 0.29) is 30.8 Å². The third kappa shape index (κ3) is 2.56. The summed E-state index contributed by atoms with van der Waals surface area (Å²) in [4.78, 5) is 22.0. The number of rotatable bonds is 3. The maximum Gasteiger partial charge on any atom is 0.312 e. The highest BCUT2D eigenvalue weighted by molar-refractivity contribution is 7.91. The van der Waals surface area contributed by atoms with Crippen LogP contribution in [-0.2, 0) is 24.2 Å². The Morgan fingerprint density at radius 1 is 1.40 bits per heavy atom. The monoisotopic (exact) mass is 234 g/mol. The number of carbonyl (C=O) groups is 2. The number of hydrogen-bond acceptors (Lipinski definition) is 5. The van der Waals surface area contributed by atoms with Crippen molar-refractivity contribution in [1.29, 1.82) is 0 Å². The lowest BCUT2D eigenvalue weighted by Crippen LogP contribution is -2.40. The number of ether oxygens (including phenoxy) is 1. The third-order valence-corrected chi connectivity index (χ3v) is 4.53. The molecule has 0 aromatic heterocycles. The Balaban J connectivity index is 2.86. The molecule has 6 heteroatoms. The van der Waals surface area contributed by atoms with E-state index in [0.717, 1.165) is 0 Å². The van der Waals surface area contributed by atoms with E-state index < -0.39 is 21.2 Å². The summed E-state index contributed by atoms with van der Waals surface area (Å²) < 4.78 is 27.0. The van der Waals surface area contributed by atoms with Crippen LogP contribution >= 0.6 is 0 Å². The van der Waals surface area contributed by atoms with Crippen LogP contribution in [0.1, 0.15) is 19.3 Å². The number of carbonyl (C=O) groups excluding carboxylic acids is 2. The lowest BCUT2D eigenvalue weighted by Gasteiger charge is -2.32. The lowest BCUT2D eigenvalue weighted by molar-refractivity contribution is -0.154. The summed E-state index contributed by atoms with van der Waals surface area (Å²) in [6.07, 6.45) is 1.05. The minimum Gasteiger partial charge on any atom is -0.469 e. The predicted molar refractivity (Wildman–Crippen MR) is 53.0 cm³/mol. The average molecular weight is 234 g/mol. The largest absolute Gasteiger partial charge is 0.469 e. The van der Waals surface area contributed by atoms with Gasteiger partial charge in [0.05, 0.1) is 24.0 Å². The first-order valence-electron chi connectivity index (χ1n) is 4.68. The summed E-state index contributed by atoms with van der Waals surface area (Å²) in [5.41, 5.74) is -0.915. The highest BCUT2D eigenvalue weighted by atomic mass is 32.2. The summed E-state index contributed by atoms with van der Waals surface area (Å²) in [6.45, 7) is 0. The van der Waals surface area contributed by atoms with Crippen LogP contribution in [0.4, 0.5) is 0 Å². The van der Waals surface area contributed by atoms with E-state index >= 15 is 0 Å². The zero-order chi connectivity index (χ0) is 11.5. The van der Waals surface area contributed by atoms with Gasteiger partial charge in [-0.1, -0.05) is 0 Å². The van der Waals surface area contributed by atoms with Gasteiger partial charge in [0, 0.05) is 6.42 Å². The zero-order valence-electron chi connectivity index (χ0n) is 8.56. The molecule has 0 spiro atoms. The number of methoxy groups -OCH3 is 1. The van der Waals surface area contributed by atoms with Gasteiger partial charge in [-0.3, -0.25) is 4.79 Å². The Hall–Kier alpha value is -0.910. The second kappa shape index (κ2) is 4.30. The molecule has 1 aliphatic heterocycles. The number of esters is 1. The predicted octanol–water partition coefficient (Wildman–Crippen LogP) is -0.0566. The molecule has 1 fully saturated rings. The Bertz CT molecular complexity index is 343. The maximum atomic E-state index is 11.5. The van der Waals surface area contributed by atoms with Crippen molar-refractivity contribution in [2.75, 3.05) is 18.6 Å². The van der Waals surface area contributed by atoms with Gasteiger partial charge < -0.3 is 9.53 Å². The molecule has 0 unspecified atom stereocenters. The molecule has 0 aliphatic carbocycles. The van der Waals surface area contributed by atoms with Crippen molar-refractivity contribution in [1.82, 2.24) is 0 Å². The molecule has 0 bridgehead atoms. The van der Waals surface area contributed by atoms with Crippen LogP contribution < -0.4 is 0 Å². The van der Waals surface area contributed by atoms with E-state index in [9.17, 15) is 18.0 Å². The molecule has 86 valence electrons. The van der Waals surface area contributed by atoms with Crippen LogP contribution in [0, 0.1) is 5.41 Å². The molecule has 0 amide bonds. The number of sulfone groups is 1. The van der Waals surface area contributed by atoms with Crippen molar-refractivity contribution in [2.45, 2.75) is 19.3 Å². The molecule has 1 heterocycles. The summed E-state index contributed by atoms with van der Waals surface area (Å²) in [5, 5.41) is 0. The van der Waals surface area contributed by atoms with Crippen LogP contribution in [0.2, 0.25) is 0 Å². The van der Waals surface area contributed by atoms with Crippen LogP contribution in [0.15, 0.2) is 0 Å². The molecule has 1 aliphatic rings. The second-order valence-corrected chi connectivity index (χ2v) is 6.10. The highest BCUT2D eigenvalue weighted by Gasteiger charge is 2.44. The smallest absolute Gasteiger partial charge is 0.312 e. The fourth-order valence-corrected chi connectivity index (χ4v) is 3.40. The summed E-state index contributed by atoms with van der Waals surface area (Å²) in [5.74, 6) is -0.573. The van der Waals surface area contributed by atoms with Crippen LogP contribution in [0.25, 0.3) is 0 Å². The average Bonchev–Trinajstić information content (AvgIpc) is 2.21. The summed E-state index contributed by atoms with van der Waals surface area (Å²) >= 11 is 0. The van der Waals surface area contributed by atoms with Crippen molar-refractivity contribution >= 4 is 22.1 Å². The van der Waals surface area contributed by atoms with Crippen LogP contribution in [-0.4, -0.2) is 39.3 Å². The Labute approximate surface area is 88.7 Å². The minimum atomic E-state index is -3.04. The molecule has 0 radical (unpaired) electrons. The van der Waals surface area contributed by atoms with E-state index in [1.807, 2.05) is 0 Å². The van der Waals surface area contributed by atoms with Crippen molar-refractivity contribution in [2.24, 2.45) is 5.41 Å². The van der Waals surface area contributed by atoms with Crippen molar-refractivity contribution in [3.8, 4) is 0 Å². The fraction of sp³-hybridized carbons (Fsp3) is 0.778. The third-order valence-electron chi connectivity index (χ3n) is 2.88. The molecule has 0 saturated carbocycles. The van der Waals surface area contributed by atoms with Gasteiger partial charge in [0.15, 0.2) is 0 Å². The van der Waals surface area contributed by atoms with Crippen molar-refractivity contribution in [3.63, 3.8) is 0 Å². The van der Waals surface area contributed by atoms with E-state index in [4.69, 9.17) is 0 Å². The summed E-state index contributed by atoms with van der Waals surface area (Å²) in [6, 6.07) is 0. The van der Waals surface area contributed by atoms with Gasteiger partial charge in [-0.15, -0.1) is 0 Å². The first-order chi connectivity index (χ1) is 6.96. The molecular formula is C9H14O5S. The van der Waals surface area contributed by atoms with Gasteiger partial charge in [-0.05, 0) is 12.8 Å². The van der Waals surface area contributed by atoms with E-state index in [0.29, 0.717) is 6.29 Å². The molecule has 0 N–H and O–H groups in total.